The number of anilines is 1. The van der Waals surface area contributed by atoms with E-state index < -0.39 is 9.84 Å². The third kappa shape index (κ3) is 22.4. The number of nitrogens with zero attached hydrogens (tertiary/aromatic N) is 5. The number of aryl methyl sites for hydroxylation is 10. The van der Waals surface area contributed by atoms with Crippen molar-refractivity contribution in [2.75, 3.05) is 38.2 Å². The first-order chi connectivity index (χ1) is 73.0. The molecule has 9 heteroatoms. The van der Waals surface area contributed by atoms with E-state index >= 15 is 0 Å². The average molecular weight is 2010 g/mol. The zero-order chi connectivity index (χ0) is 101. The highest BCUT2D eigenvalue weighted by Crippen LogP contribution is 2.70. The van der Waals surface area contributed by atoms with Crippen LogP contribution in [0.15, 0.2) is 260 Å². The van der Waals surface area contributed by atoms with E-state index in [9.17, 15) is 8.42 Å². The molecule has 7 spiro atoms. The van der Waals surface area contributed by atoms with Crippen LogP contribution in [0, 0.1) is 71.0 Å². The van der Waals surface area contributed by atoms with Gasteiger partial charge in [0.15, 0.2) is 9.84 Å². The Hall–Kier alpha value is -8.99. The minimum absolute atomic E-state index is 0.410. The minimum Gasteiger partial charge on any atom is -0.383 e. The summed E-state index contributed by atoms with van der Waals surface area (Å²) < 4.78 is 25.1. The number of rotatable bonds is 25. The van der Waals surface area contributed by atoms with E-state index in [2.05, 4.69) is 232 Å². The summed E-state index contributed by atoms with van der Waals surface area (Å²) in [5.74, 6) is 12.6. The number of fused-ring (bicyclic) bond motifs is 14. The molecule has 14 atom stereocenters. The maximum Gasteiger partial charge on any atom is 0.175 e. The van der Waals surface area contributed by atoms with Gasteiger partial charge in [0.25, 0.3) is 0 Å². The number of aromatic nitrogens is 3. The Morgan fingerprint density at radius 1 is 0.302 bits per heavy atom. The summed E-state index contributed by atoms with van der Waals surface area (Å²) in [5, 5.41) is 4.26. The van der Waals surface area contributed by atoms with Crippen molar-refractivity contribution < 1.29 is 8.42 Å². The fourth-order valence-corrected chi connectivity index (χ4v) is 34.6. The molecule has 2 aliphatic heterocycles. The predicted octanol–water partition coefficient (Wildman–Crippen LogP) is 31.9. The van der Waals surface area contributed by atoms with Crippen LogP contribution in [-0.4, -0.2) is 65.4 Å². The van der Waals surface area contributed by atoms with Crippen molar-refractivity contribution in [3.8, 4) is 0 Å². The summed E-state index contributed by atoms with van der Waals surface area (Å²) in [6.45, 7) is 6.97. The third-order valence-corrected chi connectivity index (χ3v) is 44.8. The number of likely N-dealkylation sites (tertiary alicyclic amines) is 2. The minimum atomic E-state index is -3.11. The van der Waals surface area contributed by atoms with E-state index in [0.29, 0.717) is 48.6 Å². The van der Waals surface area contributed by atoms with Gasteiger partial charge in [-0.1, -0.05) is 308 Å². The van der Waals surface area contributed by atoms with E-state index in [1.807, 2.05) is 36.1 Å². The Bertz CT molecular complexity index is 6510. The lowest BCUT2D eigenvalue weighted by molar-refractivity contribution is 0.169. The van der Waals surface area contributed by atoms with Gasteiger partial charge in [-0.15, -0.1) is 0 Å². The summed E-state index contributed by atoms with van der Waals surface area (Å²) >= 11 is 0. The topological polar surface area (TPSA) is 97.3 Å². The number of benzene rings is 9. The van der Waals surface area contributed by atoms with Crippen molar-refractivity contribution in [1.29, 1.82) is 0 Å². The SMILES string of the molecule is CS(=O)(=O)c1ccc(CN2CCC(CCC3CC34CCc3ccccc34)CC2)cc1.Cn1cc(CCC2CC23CCc2ccccc23)cn1.Nc1ncccc1CCC1CC12CCc1ccccc12.c1ccc(CN2CCC(CCC3CC34CCc3ccccc34)CC2)cc1.c1ccc2c(c1)CCCC21CC1CC1CCC1.c1ccc2c(c1)CCCC21CC1CCC1CC1.c1ccc2c(c1)CCCC21CC1CCC1CCCCC1. The van der Waals surface area contributed by atoms with Crippen molar-refractivity contribution in [2.24, 2.45) is 78.1 Å². The maximum atomic E-state index is 11.6. The van der Waals surface area contributed by atoms with Gasteiger partial charge in [-0.05, 0) is 491 Å². The van der Waals surface area contributed by atoms with Crippen LogP contribution in [0.25, 0.3) is 0 Å². The molecule has 9 aromatic carbocycles. The zero-order valence-corrected chi connectivity index (χ0v) is 91.8. The van der Waals surface area contributed by atoms with Crippen LogP contribution in [-0.2, 0) is 126 Å². The molecule has 30 rings (SSSR count). The molecule has 2 saturated heterocycles. The average Bonchev–Trinajstić information content (AvgIpc) is 1.56. The summed E-state index contributed by atoms with van der Waals surface area (Å²) in [4.78, 5) is 9.77. The van der Waals surface area contributed by atoms with Crippen LogP contribution < -0.4 is 5.73 Å². The molecule has 10 saturated carbocycles. The number of hydrogen-bond acceptors (Lipinski definition) is 7. The molecular formula is C140H176N6O2S. The van der Waals surface area contributed by atoms with Crippen molar-refractivity contribution in [3.05, 3.63) is 355 Å². The van der Waals surface area contributed by atoms with Gasteiger partial charge in [0.1, 0.15) is 5.82 Å². The lowest BCUT2D eigenvalue weighted by Gasteiger charge is -2.32. The molecule has 8 nitrogen and oxygen atoms in total. The molecule has 17 aliphatic carbocycles. The second-order valence-electron chi connectivity index (χ2n) is 52.3. The quantitative estimate of drug-likeness (QED) is 0.0609. The molecule has 19 aliphatic rings. The Labute approximate surface area is 897 Å². The van der Waals surface area contributed by atoms with Crippen LogP contribution in [0.1, 0.15) is 370 Å². The van der Waals surface area contributed by atoms with Gasteiger partial charge >= 0.3 is 0 Å². The molecule has 12 fully saturated rings. The Balaban J connectivity index is 0.0000000935. The first-order valence-electron chi connectivity index (χ1n) is 61.0. The van der Waals surface area contributed by atoms with Crippen molar-refractivity contribution in [2.45, 2.75) is 383 Å². The van der Waals surface area contributed by atoms with Gasteiger partial charge in [0.05, 0.1) is 11.1 Å². The standard InChI is InChI=1S/C26H33NO2S.C25H31N.C20H28.C18H20N2.C17H20N2.2C17H22/c1-30(28,29)24-10-7-21(8-11-24)19-27-16-13-20(14-17-27)6-9-23-18-26(23)15-12-22-4-2-3-5-25(22)26;1-2-6-21(7-3-1)19-26-16-13-20(14-17-26)10-11-23-18-25(23)15-12-22-8-4-5-9-24(22)25;1-2-7-16(8-3-1)12-13-18-15-20(18)14-6-10-17-9-4-5-11-19(17)20;19-17-14(5-3-11-20-17)7-8-15-12-18(15)10-9-13-4-1-2-6-16(13)18;1-19-12-13(11-18-19)6-7-15-10-17(15)9-8-14-4-2-3-5-16(14)17;1-2-9-16-14(7-1)8-4-10-17(16)12-15(17)11-13-5-3-6-13;1-2-6-16-14(4-1)5-3-11-17(16)12-15(17)10-9-13-7-8-13/h2-5,7-8,10-11,20,23H,6,9,12-19H2,1H3;1-9,20,23H,10-19H2;4-5,9,11,16,18H,1-3,6-8,10,12-15H2;1-6,11,15H,7-10,12H2,(H2,19,20);2-5,11-12,15H,6-10H2,1H3;1-2,7,9,13,15H,3-6,8,10-12H2;1-2,4,6,13,15H,3,5,7-12H2. The van der Waals surface area contributed by atoms with E-state index in [1.165, 1.54) is 363 Å². The van der Waals surface area contributed by atoms with Gasteiger partial charge < -0.3 is 5.73 Å². The molecule has 0 radical (unpaired) electrons. The van der Waals surface area contributed by atoms with E-state index in [0.717, 1.165) is 104 Å². The summed E-state index contributed by atoms with van der Waals surface area (Å²) in [6.07, 6.45) is 79.5. The highest BCUT2D eigenvalue weighted by molar-refractivity contribution is 7.90. The van der Waals surface area contributed by atoms with E-state index in [-0.39, 0.29) is 0 Å². The summed E-state index contributed by atoms with van der Waals surface area (Å²) in [6, 6.07) is 86.8. The molecule has 11 aromatic rings. The number of pyridine rings is 1. The summed E-state index contributed by atoms with van der Waals surface area (Å²) in [5.41, 5.74) is 38.6. The van der Waals surface area contributed by atoms with Crippen molar-refractivity contribution in [3.63, 3.8) is 0 Å². The van der Waals surface area contributed by atoms with Crippen molar-refractivity contribution in [1.82, 2.24) is 24.6 Å². The highest BCUT2D eigenvalue weighted by Gasteiger charge is 2.63. The lowest BCUT2D eigenvalue weighted by atomic mass is 9.75. The first-order valence-corrected chi connectivity index (χ1v) is 62.9. The van der Waals surface area contributed by atoms with E-state index in [1.54, 1.807) is 96.2 Å². The molecule has 149 heavy (non-hydrogen) atoms. The lowest BCUT2D eigenvalue weighted by Crippen LogP contribution is -2.33. The van der Waals surface area contributed by atoms with Gasteiger partial charge in [0.2, 0.25) is 0 Å². The molecular weight excluding hydrogens is 1830 g/mol. The number of sulfone groups is 1. The Kier molecular flexibility index (Phi) is 30.1. The van der Waals surface area contributed by atoms with Gasteiger partial charge in [-0.3, -0.25) is 14.5 Å². The summed E-state index contributed by atoms with van der Waals surface area (Å²) in [7, 11) is -1.11. The normalized spacial score (nSPS) is 29.9. The number of nitrogen functional groups attached to an aromatic ring is 1. The monoisotopic (exact) mass is 2010 g/mol. The number of hydrogen-bond donors (Lipinski definition) is 1. The molecule has 4 heterocycles. The second-order valence-corrected chi connectivity index (χ2v) is 54.4. The van der Waals surface area contributed by atoms with Crippen LogP contribution in [0.2, 0.25) is 0 Å². The number of piperidine rings is 2. The molecule has 14 unspecified atom stereocenters. The first kappa shape index (κ1) is 102. The maximum absolute atomic E-state index is 11.6. The molecule has 784 valence electrons. The Morgan fingerprint density at radius 3 is 0.993 bits per heavy atom. The largest absolute Gasteiger partial charge is 0.383 e. The fourth-order valence-electron chi connectivity index (χ4n) is 33.9. The zero-order valence-electron chi connectivity index (χ0n) is 91.0. The molecule has 0 amide bonds. The van der Waals surface area contributed by atoms with Gasteiger partial charge in [-0.25, -0.2) is 13.4 Å². The third-order valence-electron chi connectivity index (χ3n) is 43.7. The van der Waals surface area contributed by atoms with Gasteiger partial charge in [0, 0.05) is 38.8 Å². The molecule has 2 aromatic heterocycles. The molecule has 0 bridgehead atoms. The van der Waals surface area contributed by atoms with Crippen LogP contribution >= 0.6 is 0 Å². The number of nitrogens with two attached hydrogens (primary N) is 1. The van der Waals surface area contributed by atoms with Crippen molar-refractivity contribution >= 4 is 15.7 Å². The second kappa shape index (κ2) is 44.1. The smallest absolute Gasteiger partial charge is 0.175 e. The van der Waals surface area contributed by atoms with Crippen LogP contribution in [0.5, 0.6) is 0 Å². The molecule has 2 N–H and O–H groups in total. The van der Waals surface area contributed by atoms with E-state index in [4.69, 9.17) is 5.73 Å². The predicted molar refractivity (Wildman–Crippen MR) is 614 cm³/mol. The fraction of sp³-hybridized carbons (Fsp3) is 0.557. The van der Waals surface area contributed by atoms with Crippen LogP contribution in [0.3, 0.4) is 0 Å². The Morgan fingerprint density at radius 2 is 0.631 bits per heavy atom. The highest BCUT2D eigenvalue weighted by atomic mass is 32.2. The van der Waals surface area contributed by atoms with Gasteiger partial charge in [-0.2, -0.15) is 5.10 Å². The van der Waals surface area contributed by atoms with Crippen LogP contribution in [0.4, 0.5) is 5.82 Å².